The van der Waals surface area contributed by atoms with Gasteiger partial charge in [-0.3, -0.25) is 4.79 Å². The average Bonchev–Trinajstić information content (AvgIpc) is 2.44. The molecular weight excluding hydrogens is 270 g/mol. The van der Waals surface area contributed by atoms with Crippen LogP contribution in [0.4, 0.5) is 0 Å². The van der Waals surface area contributed by atoms with Crippen molar-refractivity contribution in [3.8, 4) is 5.75 Å². The number of hydrogen-bond donors (Lipinski definition) is 1. The molecule has 1 unspecified atom stereocenters. The Bertz CT molecular complexity index is 434. The third-order valence-corrected chi connectivity index (χ3v) is 4.09. The van der Waals surface area contributed by atoms with Gasteiger partial charge in [0.1, 0.15) is 5.75 Å². The molecule has 0 aliphatic carbocycles. The lowest BCUT2D eigenvalue weighted by Gasteiger charge is -2.13. The van der Waals surface area contributed by atoms with Crippen molar-refractivity contribution < 1.29 is 9.53 Å². The average molecular weight is 295 g/mol. The number of benzene rings is 1. The van der Waals surface area contributed by atoms with E-state index in [2.05, 4.69) is 37.4 Å². The van der Waals surface area contributed by atoms with Crippen LogP contribution in [0.2, 0.25) is 0 Å². The number of hydrogen-bond acceptors (Lipinski definition) is 3. The number of carbonyl (C=O) groups excluding carboxylic acids is 1. The smallest absolute Gasteiger partial charge is 0.232 e. The van der Waals surface area contributed by atoms with Crippen LogP contribution in [0.25, 0.3) is 0 Å². The molecule has 4 heteroatoms. The van der Waals surface area contributed by atoms with Crippen LogP contribution < -0.4 is 10.1 Å². The maximum atomic E-state index is 11.7. The molecule has 0 fully saturated rings. The van der Waals surface area contributed by atoms with Crippen LogP contribution in [-0.4, -0.2) is 30.1 Å². The minimum Gasteiger partial charge on any atom is -0.492 e. The van der Waals surface area contributed by atoms with Crippen LogP contribution in [0.15, 0.2) is 18.2 Å². The van der Waals surface area contributed by atoms with E-state index in [1.165, 1.54) is 5.56 Å². The number of nitrogens with one attached hydrogen (secondary N) is 1. The van der Waals surface area contributed by atoms with Crippen molar-refractivity contribution in [2.75, 3.05) is 18.9 Å². The second kappa shape index (κ2) is 8.90. The predicted octanol–water partition coefficient (Wildman–Crippen LogP) is 3.33. The molecule has 1 atom stereocenters. The second-order valence-corrected chi connectivity index (χ2v) is 6.37. The maximum absolute atomic E-state index is 11.7. The molecule has 0 aromatic heterocycles. The first-order valence-corrected chi connectivity index (χ1v) is 8.18. The number of aryl methyl sites for hydroxylation is 2. The summed E-state index contributed by atoms with van der Waals surface area (Å²) in [4.78, 5) is 11.7. The lowest BCUT2D eigenvalue weighted by atomic mass is 10.1. The third-order valence-electron chi connectivity index (χ3n) is 2.97. The third kappa shape index (κ3) is 5.87. The predicted molar refractivity (Wildman–Crippen MR) is 86.6 cm³/mol. The number of thioether (sulfide) groups is 1. The van der Waals surface area contributed by atoms with Crippen molar-refractivity contribution in [1.29, 1.82) is 0 Å². The minimum absolute atomic E-state index is 0.0243. The van der Waals surface area contributed by atoms with E-state index >= 15 is 0 Å². The topological polar surface area (TPSA) is 38.3 Å². The first-order chi connectivity index (χ1) is 9.54. The zero-order valence-corrected chi connectivity index (χ0v) is 13.7. The SMILES string of the molecule is CCCNC(=O)C(C)SCCOc1cc(C)ccc1C. The zero-order valence-electron chi connectivity index (χ0n) is 12.9. The molecular formula is C16H25NO2S. The van der Waals surface area contributed by atoms with E-state index in [9.17, 15) is 4.79 Å². The molecule has 1 amide bonds. The van der Waals surface area contributed by atoms with Gasteiger partial charge in [0.25, 0.3) is 0 Å². The Kier molecular flexibility index (Phi) is 7.52. The van der Waals surface area contributed by atoms with Crippen molar-refractivity contribution in [3.63, 3.8) is 0 Å². The van der Waals surface area contributed by atoms with Crippen molar-refractivity contribution in [2.24, 2.45) is 0 Å². The van der Waals surface area contributed by atoms with Gasteiger partial charge >= 0.3 is 0 Å². The van der Waals surface area contributed by atoms with E-state index in [4.69, 9.17) is 4.74 Å². The van der Waals surface area contributed by atoms with Crippen molar-refractivity contribution in [3.05, 3.63) is 29.3 Å². The highest BCUT2D eigenvalue weighted by Gasteiger charge is 2.12. The van der Waals surface area contributed by atoms with Crippen LogP contribution in [0.1, 0.15) is 31.4 Å². The fourth-order valence-electron chi connectivity index (χ4n) is 1.71. The largest absolute Gasteiger partial charge is 0.492 e. The van der Waals surface area contributed by atoms with Gasteiger partial charge in [-0.05, 0) is 44.4 Å². The number of ether oxygens (including phenoxy) is 1. The molecule has 0 radical (unpaired) electrons. The maximum Gasteiger partial charge on any atom is 0.232 e. The summed E-state index contributed by atoms with van der Waals surface area (Å²) in [7, 11) is 0. The molecule has 0 aliphatic heterocycles. The molecule has 1 aromatic carbocycles. The highest BCUT2D eigenvalue weighted by Crippen LogP contribution is 2.19. The Hall–Kier alpha value is -1.16. The Labute approximate surface area is 126 Å². The highest BCUT2D eigenvalue weighted by molar-refractivity contribution is 8.00. The summed E-state index contributed by atoms with van der Waals surface area (Å²) in [5.74, 6) is 1.87. The molecule has 0 saturated carbocycles. The van der Waals surface area contributed by atoms with Gasteiger partial charge < -0.3 is 10.1 Å². The van der Waals surface area contributed by atoms with Gasteiger partial charge in [-0.1, -0.05) is 19.1 Å². The molecule has 0 saturated heterocycles. The van der Waals surface area contributed by atoms with Crippen LogP contribution >= 0.6 is 11.8 Å². The van der Waals surface area contributed by atoms with Crippen LogP contribution in [-0.2, 0) is 4.79 Å². The first kappa shape index (κ1) is 16.9. The molecule has 1 aromatic rings. The van der Waals surface area contributed by atoms with Gasteiger partial charge in [-0.2, -0.15) is 0 Å². The number of rotatable bonds is 8. The molecule has 0 spiro atoms. The van der Waals surface area contributed by atoms with E-state index in [1.807, 2.05) is 13.8 Å². The minimum atomic E-state index is -0.0243. The fourth-order valence-corrected chi connectivity index (χ4v) is 2.47. The van der Waals surface area contributed by atoms with Gasteiger partial charge in [0, 0.05) is 12.3 Å². The summed E-state index contributed by atoms with van der Waals surface area (Å²) >= 11 is 1.63. The van der Waals surface area contributed by atoms with Crippen molar-refractivity contribution in [1.82, 2.24) is 5.32 Å². The Morgan fingerprint density at radius 2 is 2.15 bits per heavy atom. The van der Waals surface area contributed by atoms with Gasteiger partial charge in [0.2, 0.25) is 5.91 Å². The number of carbonyl (C=O) groups is 1. The van der Waals surface area contributed by atoms with Crippen LogP contribution in [0.3, 0.4) is 0 Å². The standard InChI is InChI=1S/C16H25NO2S/c1-5-8-17-16(18)14(4)20-10-9-19-15-11-12(2)6-7-13(15)3/h6-7,11,14H,5,8-10H2,1-4H3,(H,17,18). The van der Waals surface area contributed by atoms with Gasteiger partial charge in [0.15, 0.2) is 0 Å². The zero-order chi connectivity index (χ0) is 15.0. The fraction of sp³-hybridized carbons (Fsp3) is 0.562. The first-order valence-electron chi connectivity index (χ1n) is 7.14. The molecule has 0 bridgehead atoms. The van der Waals surface area contributed by atoms with E-state index in [1.54, 1.807) is 11.8 Å². The molecule has 20 heavy (non-hydrogen) atoms. The number of amides is 1. The lowest BCUT2D eigenvalue weighted by molar-refractivity contribution is -0.120. The summed E-state index contributed by atoms with van der Waals surface area (Å²) in [6.45, 7) is 9.47. The van der Waals surface area contributed by atoms with Crippen molar-refractivity contribution in [2.45, 2.75) is 39.4 Å². The molecule has 1 N–H and O–H groups in total. The summed E-state index contributed by atoms with van der Waals surface area (Å²) in [6.07, 6.45) is 0.971. The van der Waals surface area contributed by atoms with Crippen LogP contribution in [0, 0.1) is 13.8 Å². The quantitative estimate of drug-likeness (QED) is 0.748. The summed E-state index contributed by atoms with van der Waals surface area (Å²) < 4.78 is 5.78. The van der Waals surface area contributed by atoms with E-state index < -0.39 is 0 Å². The van der Waals surface area contributed by atoms with Crippen LogP contribution in [0.5, 0.6) is 5.75 Å². The lowest BCUT2D eigenvalue weighted by Crippen LogP contribution is -2.31. The summed E-state index contributed by atoms with van der Waals surface area (Å²) in [5.41, 5.74) is 2.35. The van der Waals surface area contributed by atoms with Gasteiger partial charge in [-0.15, -0.1) is 11.8 Å². The summed E-state index contributed by atoms with van der Waals surface area (Å²) in [6, 6.07) is 6.20. The van der Waals surface area contributed by atoms with E-state index in [0.29, 0.717) is 6.61 Å². The molecule has 0 heterocycles. The highest BCUT2D eigenvalue weighted by atomic mass is 32.2. The second-order valence-electron chi connectivity index (χ2n) is 4.92. The normalized spacial score (nSPS) is 12.0. The monoisotopic (exact) mass is 295 g/mol. The molecule has 112 valence electrons. The Morgan fingerprint density at radius 1 is 1.40 bits per heavy atom. The Balaban J connectivity index is 2.27. The summed E-state index contributed by atoms with van der Waals surface area (Å²) in [5, 5.41) is 2.88. The molecule has 3 nitrogen and oxygen atoms in total. The Morgan fingerprint density at radius 3 is 2.85 bits per heavy atom. The van der Waals surface area contributed by atoms with Gasteiger partial charge in [0.05, 0.1) is 11.9 Å². The molecule has 0 aliphatic rings. The van der Waals surface area contributed by atoms with Gasteiger partial charge in [-0.25, -0.2) is 0 Å². The van der Waals surface area contributed by atoms with E-state index in [-0.39, 0.29) is 11.2 Å². The van der Waals surface area contributed by atoms with E-state index in [0.717, 1.165) is 30.0 Å². The van der Waals surface area contributed by atoms with Crippen molar-refractivity contribution >= 4 is 17.7 Å². The molecule has 1 rings (SSSR count).